The predicted octanol–water partition coefficient (Wildman–Crippen LogP) is 4.93. The molecule has 0 aliphatic heterocycles. The molecule has 0 fully saturated rings. The molecule has 0 unspecified atom stereocenters. The van der Waals surface area contributed by atoms with Crippen molar-refractivity contribution in [1.29, 1.82) is 0 Å². The number of rotatable bonds is 4. The summed E-state index contributed by atoms with van der Waals surface area (Å²) in [4.78, 5) is 12.7. The van der Waals surface area contributed by atoms with E-state index < -0.39 is 0 Å². The number of carbonyl (C=O) groups excluding carboxylic acids is 1. The van der Waals surface area contributed by atoms with Crippen LogP contribution in [0.4, 0.5) is 0 Å². The van der Waals surface area contributed by atoms with Gasteiger partial charge in [0, 0.05) is 6.42 Å². The van der Waals surface area contributed by atoms with Crippen molar-refractivity contribution >= 4 is 5.78 Å². The second kappa shape index (κ2) is 6.18. The Hall–Kier alpha value is -1.51. The molecule has 3 heteroatoms. The normalized spacial score (nSPS) is 26.2. The second-order valence-corrected chi connectivity index (χ2v) is 7.60. The van der Waals surface area contributed by atoms with Crippen LogP contribution in [0, 0.1) is 11.8 Å². The first-order chi connectivity index (χ1) is 11.0. The van der Waals surface area contributed by atoms with Crippen LogP contribution in [-0.4, -0.2) is 20.0 Å². The molecular weight excluding hydrogens is 288 g/mol. The smallest absolute Gasteiger partial charge is 0.171 e. The van der Waals surface area contributed by atoms with E-state index in [0.717, 1.165) is 18.4 Å². The molecule has 0 radical (unpaired) electrons. The minimum absolute atomic E-state index is 0.214. The topological polar surface area (TPSA) is 35.5 Å². The molecule has 0 spiro atoms. The van der Waals surface area contributed by atoms with Crippen LogP contribution >= 0.6 is 0 Å². The average Bonchev–Trinajstić information content (AvgIpc) is 2.51. The number of carbonyl (C=O) groups is 1. The maximum atomic E-state index is 12.7. The van der Waals surface area contributed by atoms with E-state index in [0.29, 0.717) is 41.6 Å². The molecule has 3 rings (SSSR count). The molecule has 1 aromatic carbocycles. The Labute approximate surface area is 139 Å². The first-order valence-corrected chi connectivity index (χ1v) is 8.79. The minimum atomic E-state index is 0.214. The summed E-state index contributed by atoms with van der Waals surface area (Å²) in [5, 5.41) is 0. The molecule has 0 heterocycles. The molecule has 0 amide bonds. The van der Waals surface area contributed by atoms with Gasteiger partial charge in [0.05, 0.1) is 19.8 Å². The van der Waals surface area contributed by atoms with Crippen molar-refractivity contribution in [2.45, 2.75) is 58.3 Å². The summed E-state index contributed by atoms with van der Waals surface area (Å²) >= 11 is 0. The first kappa shape index (κ1) is 16.4. The maximum Gasteiger partial charge on any atom is 0.171 e. The van der Waals surface area contributed by atoms with Crippen molar-refractivity contribution < 1.29 is 14.3 Å². The van der Waals surface area contributed by atoms with Gasteiger partial charge in [0.15, 0.2) is 17.3 Å². The molecule has 1 aromatic rings. The van der Waals surface area contributed by atoms with Crippen LogP contribution in [0.25, 0.3) is 0 Å². The SMILES string of the molecule is COc1cc2c3c(c1OC)C(=O)CC[C@@H]3[C@@H](C)C[C@@H]2CC(C)C. The summed E-state index contributed by atoms with van der Waals surface area (Å²) in [6.07, 6.45) is 3.97. The fourth-order valence-corrected chi connectivity index (χ4v) is 4.70. The Balaban J connectivity index is 2.24. The zero-order valence-corrected chi connectivity index (χ0v) is 14.9. The third-order valence-corrected chi connectivity index (χ3v) is 5.61. The lowest BCUT2D eigenvalue weighted by molar-refractivity contribution is 0.0953. The van der Waals surface area contributed by atoms with E-state index in [2.05, 4.69) is 26.8 Å². The van der Waals surface area contributed by atoms with Gasteiger partial charge in [0.2, 0.25) is 0 Å². The fourth-order valence-electron chi connectivity index (χ4n) is 4.70. The highest BCUT2D eigenvalue weighted by molar-refractivity contribution is 6.02. The maximum absolute atomic E-state index is 12.7. The number of ether oxygens (including phenoxy) is 2. The van der Waals surface area contributed by atoms with Gasteiger partial charge in [-0.1, -0.05) is 20.8 Å². The number of methoxy groups -OCH3 is 2. The molecule has 0 aromatic heterocycles. The molecule has 2 aliphatic carbocycles. The van der Waals surface area contributed by atoms with E-state index >= 15 is 0 Å². The summed E-state index contributed by atoms with van der Waals surface area (Å²) in [6.45, 7) is 6.89. The predicted molar refractivity (Wildman–Crippen MR) is 91.8 cm³/mol. The third kappa shape index (κ3) is 2.64. The van der Waals surface area contributed by atoms with E-state index in [1.54, 1.807) is 14.2 Å². The highest BCUT2D eigenvalue weighted by Gasteiger charge is 2.41. The zero-order valence-electron chi connectivity index (χ0n) is 14.9. The van der Waals surface area contributed by atoms with Crippen molar-refractivity contribution in [2.75, 3.05) is 14.2 Å². The van der Waals surface area contributed by atoms with Crippen LogP contribution in [-0.2, 0) is 0 Å². The first-order valence-electron chi connectivity index (χ1n) is 8.79. The minimum Gasteiger partial charge on any atom is -0.493 e. The van der Waals surface area contributed by atoms with Crippen molar-refractivity contribution in [3.05, 3.63) is 22.8 Å². The van der Waals surface area contributed by atoms with E-state index in [-0.39, 0.29) is 5.78 Å². The quantitative estimate of drug-likeness (QED) is 0.790. The number of ketones is 1. The van der Waals surface area contributed by atoms with Gasteiger partial charge >= 0.3 is 0 Å². The summed E-state index contributed by atoms with van der Waals surface area (Å²) in [6, 6.07) is 2.14. The monoisotopic (exact) mass is 316 g/mol. The fraction of sp³-hybridized carbons (Fsp3) is 0.650. The van der Waals surface area contributed by atoms with Crippen molar-refractivity contribution in [2.24, 2.45) is 11.8 Å². The van der Waals surface area contributed by atoms with E-state index in [9.17, 15) is 4.79 Å². The van der Waals surface area contributed by atoms with Crippen LogP contribution in [0.5, 0.6) is 11.5 Å². The lowest BCUT2D eigenvalue weighted by atomic mass is 9.63. The Morgan fingerprint density at radius 2 is 2.00 bits per heavy atom. The summed E-state index contributed by atoms with van der Waals surface area (Å²) in [5.41, 5.74) is 3.41. The Bertz CT molecular complexity index is 618. The highest BCUT2D eigenvalue weighted by Crippen LogP contribution is 2.54. The van der Waals surface area contributed by atoms with E-state index in [4.69, 9.17) is 9.47 Å². The van der Waals surface area contributed by atoms with Gasteiger partial charge in [0.25, 0.3) is 0 Å². The second-order valence-electron chi connectivity index (χ2n) is 7.60. The average molecular weight is 316 g/mol. The Kier molecular flexibility index (Phi) is 4.39. The largest absolute Gasteiger partial charge is 0.493 e. The molecule has 126 valence electrons. The molecule has 23 heavy (non-hydrogen) atoms. The zero-order chi connectivity index (χ0) is 16.7. The van der Waals surface area contributed by atoms with Gasteiger partial charge in [-0.05, 0) is 60.1 Å². The van der Waals surface area contributed by atoms with Crippen LogP contribution in [0.15, 0.2) is 6.07 Å². The Morgan fingerprint density at radius 3 is 2.61 bits per heavy atom. The van der Waals surface area contributed by atoms with Crippen LogP contribution in [0.3, 0.4) is 0 Å². The van der Waals surface area contributed by atoms with Gasteiger partial charge in [-0.3, -0.25) is 4.79 Å². The molecule has 0 saturated heterocycles. The molecule has 2 aliphatic rings. The number of hydrogen-bond donors (Lipinski definition) is 0. The number of Topliss-reactive ketones (excluding diaryl/α,β-unsaturated/α-hetero) is 1. The van der Waals surface area contributed by atoms with Gasteiger partial charge < -0.3 is 9.47 Å². The lowest BCUT2D eigenvalue weighted by Crippen LogP contribution is -2.29. The molecule has 3 atom stereocenters. The summed E-state index contributed by atoms with van der Waals surface area (Å²) < 4.78 is 11.1. The third-order valence-electron chi connectivity index (χ3n) is 5.61. The van der Waals surface area contributed by atoms with Gasteiger partial charge in [-0.2, -0.15) is 0 Å². The standard InChI is InChI=1S/C20H28O3/c1-11(2)8-13-9-12(3)14-6-7-16(21)19-18(14)15(13)10-17(22-4)20(19)23-5/h10-14H,6-9H2,1-5H3/t12-,13-,14+/m0/s1. The lowest BCUT2D eigenvalue weighted by Gasteiger charge is -2.41. The molecule has 0 bridgehead atoms. The highest BCUT2D eigenvalue weighted by atomic mass is 16.5. The van der Waals surface area contributed by atoms with Crippen molar-refractivity contribution in [1.82, 2.24) is 0 Å². The van der Waals surface area contributed by atoms with Gasteiger partial charge in [0.1, 0.15) is 0 Å². The molecule has 0 saturated carbocycles. The van der Waals surface area contributed by atoms with Gasteiger partial charge in [-0.15, -0.1) is 0 Å². The summed E-state index contributed by atoms with van der Waals surface area (Å²) in [7, 11) is 3.29. The Morgan fingerprint density at radius 1 is 1.26 bits per heavy atom. The van der Waals surface area contributed by atoms with Crippen LogP contribution < -0.4 is 9.47 Å². The van der Waals surface area contributed by atoms with Gasteiger partial charge in [-0.25, -0.2) is 0 Å². The summed E-state index contributed by atoms with van der Waals surface area (Å²) in [5.74, 6) is 3.83. The van der Waals surface area contributed by atoms with Crippen molar-refractivity contribution in [3.63, 3.8) is 0 Å². The van der Waals surface area contributed by atoms with E-state index in [1.165, 1.54) is 17.5 Å². The van der Waals surface area contributed by atoms with Crippen molar-refractivity contribution in [3.8, 4) is 11.5 Å². The number of hydrogen-bond acceptors (Lipinski definition) is 3. The molecular formula is C20H28O3. The molecule has 0 N–H and O–H groups in total. The van der Waals surface area contributed by atoms with E-state index in [1.807, 2.05) is 0 Å². The van der Waals surface area contributed by atoms with Crippen LogP contribution in [0.1, 0.15) is 79.8 Å². The van der Waals surface area contributed by atoms with Crippen LogP contribution in [0.2, 0.25) is 0 Å². The number of benzene rings is 1. The molecule has 3 nitrogen and oxygen atoms in total.